The first-order chi connectivity index (χ1) is 7.24. The van der Waals surface area contributed by atoms with Crippen molar-refractivity contribution in [2.75, 3.05) is 13.2 Å². The van der Waals surface area contributed by atoms with Crippen molar-refractivity contribution >= 4 is 17.4 Å². The van der Waals surface area contributed by atoms with Gasteiger partial charge >= 0.3 is 0 Å². The molecule has 1 aliphatic carbocycles. The van der Waals surface area contributed by atoms with E-state index in [1.807, 2.05) is 6.92 Å². The van der Waals surface area contributed by atoms with E-state index in [4.69, 9.17) is 5.11 Å². The van der Waals surface area contributed by atoms with E-state index in [9.17, 15) is 4.79 Å². The molecule has 0 aliphatic heterocycles. The van der Waals surface area contributed by atoms with Gasteiger partial charge in [-0.25, -0.2) is 0 Å². The predicted molar refractivity (Wildman–Crippen MR) is 58.0 cm³/mol. The van der Waals surface area contributed by atoms with E-state index in [1.54, 1.807) is 10.3 Å². The molecule has 0 aromatic carbocycles. The first kappa shape index (κ1) is 10.6. The number of nitrogens with zero attached hydrogens (tertiary/aromatic N) is 2. The van der Waals surface area contributed by atoms with Crippen LogP contribution < -0.4 is 0 Å². The molecule has 82 valence electrons. The summed E-state index contributed by atoms with van der Waals surface area (Å²) in [5, 5.41) is 10.7. The average molecular weight is 226 g/mol. The third-order valence-electron chi connectivity index (χ3n) is 2.57. The molecule has 0 unspecified atom stereocenters. The lowest BCUT2D eigenvalue weighted by molar-refractivity contribution is 0.0707. The Labute approximate surface area is 92.7 Å². The van der Waals surface area contributed by atoms with Crippen LogP contribution in [0.15, 0.2) is 5.38 Å². The second kappa shape index (κ2) is 4.28. The lowest BCUT2D eigenvalue weighted by Gasteiger charge is -2.20. The number of aromatic nitrogens is 1. The molecule has 0 atom stereocenters. The number of rotatable bonds is 4. The monoisotopic (exact) mass is 226 g/mol. The summed E-state index contributed by atoms with van der Waals surface area (Å²) in [6.07, 6.45) is 2.12. The lowest BCUT2D eigenvalue weighted by atomic mass is 10.2. The first-order valence-corrected chi connectivity index (χ1v) is 5.90. The lowest BCUT2D eigenvalue weighted by Crippen LogP contribution is -2.35. The molecular formula is C10H14N2O2S. The Hall–Kier alpha value is -0.940. The fraction of sp³-hybridized carbons (Fsp3) is 0.600. The molecule has 2 rings (SSSR count). The summed E-state index contributed by atoms with van der Waals surface area (Å²) in [7, 11) is 0. The normalized spacial score (nSPS) is 15.3. The summed E-state index contributed by atoms with van der Waals surface area (Å²) in [6.45, 7) is 2.30. The fourth-order valence-electron chi connectivity index (χ4n) is 1.60. The molecule has 15 heavy (non-hydrogen) atoms. The smallest absolute Gasteiger partial charge is 0.256 e. The van der Waals surface area contributed by atoms with Gasteiger partial charge in [0.15, 0.2) is 0 Å². The van der Waals surface area contributed by atoms with Gasteiger partial charge in [-0.3, -0.25) is 4.79 Å². The van der Waals surface area contributed by atoms with Crippen molar-refractivity contribution in [3.05, 3.63) is 16.6 Å². The number of aliphatic hydroxyl groups excluding tert-OH is 1. The predicted octanol–water partition coefficient (Wildman–Crippen LogP) is 1.05. The second-order valence-corrected chi connectivity index (χ2v) is 4.40. The molecule has 1 aromatic rings. The Morgan fingerprint density at radius 2 is 2.47 bits per heavy atom. The van der Waals surface area contributed by atoms with Crippen LogP contribution in [0.25, 0.3) is 0 Å². The van der Waals surface area contributed by atoms with Gasteiger partial charge in [0, 0.05) is 18.0 Å². The number of carbonyl (C=O) groups is 1. The summed E-state index contributed by atoms with van der Waals surface area (Å²) >= 11 is 1.30. The van der Waals surface area contributed by atoms with Crippen LogP contribution in [-0.4, -0.2) is 39.5 Å². The number of aliphatic hydroxyl groups is 1. The molecule has 5 heteroatoms. The molecule has 1 saturated carbocycles. The van der Waals surface area contributed by atoms with Crippen LogP contribution in [-0.2, 0) is 0 Å². The minimum absolute atomic E-state index is 0.0119. The Bertz CT molecular complexity index is 360. The Balaban J connectivity index is 2.14. The van der Waals surface area contributed by atoms with E-state index in [0.29, 0.717) is 18.2 Å². The second-order valence-electron chi connectivity index (χ2n) is 3.77. The minimum atomic E-state index is 0.0119. The van der Waals surface area contributed by atoms with Crippen molar-refractivity contribution in [2.24, 2.45) is 0 Å². The first-order valence-electron chi connectivity index (χ1n) is 5.07. The Morgan fingerprint density at radius 3 is 2.93 bits per heavy atom. The molecule has 0 radical (unpaired) electrons. The van der Waals surface area contributed by atoms with Crippen molar-refractivity contribution in [3.63, 3.8) is 0 Å². The zero-order valence-corrected chi connectivity index (χ0v) is 9.46. The van der Waals surface area contributed by atoms with E-state index in [2.05, 4.69) is 4.37 Å². The molecule has 1 heterocycles. The van der Waals surface area contributed by atoms with Gasteiger partial charge in [-0.15, -0.1) is 0 Å². The molecule has 1 aliphatic rings. The van der Waals surface area contributed by atoms with Crippen LogP contribution >= 0.6 is 11.5 Å². The average Bonchev–Trinajstić information content (AvgIpc) is 2.97. The summed E-state index contributed by atoms with van der Waals surface area (Å²) in [5.74, 6) is 0.0119. The van der Waals surface area contributed by atoms with Crippen molar-refractivity contribution in [1.82, 2.24) is 9.27 Å². The van der Waals surface area contributed by atoms with Crippen LogP contribution in [0.5, 0.6) is 0 Å². The van der Waals surface area contributed by atoms with E-state index < -0.39 is 0 Å². The highest BCUT2D eigenvalue weighted by Crippen LogP contribution is 2.28. The quantitative estimate of drug-likeness (QED) is 0.835. The van der Waals surface area contributed by atoms with Gasteiger partial charge in [0.1, 0.15) is 0 Å². The highest BCUT2D eigenvalue weighted by atomic mass is 32.1. The van der Waals surface area contributed by atoms with Gasteiger partial charge in [-0.2, -0.15) is 4.37 Å². The molecule has 4 nitrogen and oxygen atoms in total. The summed E-state index contributed by atoms with van der Waals surface area (Å²) in [6, 6.07) is 0.337. The SMILES string of the molecule is Cc1nscc1C(=O)N(CCO)C1CC1. The molecule has 0 saturated heterocycles. The van der Waals surface area contributed by atoms with Crippen molar-refractivity contribution in [2.45, 2.75) is 25.8 Å². The van der Waals surface area contributed by atoms with Crippen molar-refractivity contribution in [1.29, 1.82) is 0 Å². The van der Waals surface area contributed by atoms with Crippen LogP contribution in [0, 0.1) is 6.92 Å². The van der Waals surface area contributed by atoms with E-state index in [-0.39, 0.29) is 12.5 Å². The Morgan fingerprint density at radius 1 is 1.73 bits per heavy atom. The topological polar surface area (TPSA) is 53.4 Å². The molecule has 1 aromatic heterocycles. The standard InChI is InChI=1S/C10H14N2O2S/c1-7-9(6-15-11-7)10(14)12(4-5-13)8-2-3-8/h6,8,13H,2-5H2,1H3. The number of amides is 1. The maximum absolute atomic E-state index is 12.1. The summed E-state index contributed by atoms with van der Waals surface area (Å²) in [4.78, 5) is 13.8. The van der Waals surface area contributed by atoms with Gasteiger partial charge in [0.2, 0.25) is 0 Å². The molecular weight excluding hydrogens is 212 g/mol. The van der Waals surface area contributed by atoms with Crippen LogP contribution in [0.2, 0.25) is 0 Å². The maximum Gasteiger partial charge on any atom is 0.256 e. The minimum Gasteiger partial charge on any atom is -0.395 e. The van der Waals surface area contributed by atoms with Crippen LogP contribution in [0.3, 0.4) is 0 Å². The van der Waals surface area contributed by atoms with Crippen molar-refractivity contribution in [3.8, 4) is 0 Å². The number of hydrogen-bond donors (Lipinski definition) is 1. The van der Waals surface area contributed by atoms with E-state index >= 15 is 0 Å². The third kappa shape index (κ3) is 2.18. The third-order valence-corrected chi connectivity index (χ3v) is 3.29. The van der Waals surface area contributed by atoms with Gasteiger partial charge in [-0.05, 0) is 31.3 Å². The molecule has 1 N–H and O–H groups in total. The molecule has 0 bridgehead atoms. The van der Waals surface area contributed by atoms with Gasteiger partial charge < -0.3 is 10.0 Å². The summed E-state index contributed by atoms with van der Waals surface area (Å²) in [5.41, 5.74) is 1.47. The Kier molecular flexibility index (Phi) is 3.02. The largest absolute Gasteiger partial charge is 0.395 e. The fourth-order valence-corrected chi connectivity index (χ4v) is 2.28. The van der Waals surface area contributed by atoms with Crippen LogP contribution in [0.1, 0.15) is 28.9 Å². The number of carbonyl (C=O) groups excluding carboxylic acids is 1. The highest BCUT2D eigenvalue weighted by Gasteiger charge is 2.33. The zero-order chi connectivity index (χ0) is 10.8. The number of hydrogen-bond acceptors (Lipinski definition) is 4. The van der Waals surface area contributed by atoms with Gasteiger partial charge in [0.25, 0.3) is 5.91 Å². The summed E-state index contributed by atoms with van der Waals surface area (Å²) < 4.78 is 4.09. The zero-order valence-electron chi connectivity index (χ0n) is 8.64. The maximum atomic E-state index is 12.1. The van der Waals surface area contributed by atoms with E-state index in [1.165, 1.54) is 11.5 Å². The molecule has 0 spiro atoms. The van der Waals surface area contributed by atoms with Gasteiger partial charge in [-0.1, -0.05) is 0 Å². The van der Waals surface area contributed by atoms with E-state index in [0.717, 1.165) is 18.5 Å². The molecule has 1 amide bonds. The van der Waals surface area contributed by atoms with Crippen molar-refractivity contribution < 1.29 is 9.90 Å². The highest BCUT2D eigenvalue weighted by molar-refractivity contribution is 7.03. The van der Waals surface area contributed by atoms with Gasteiger partial charge in [0.05, 0.1) is 17.9 Å². The molecule has 1 fully saturated rings. The van der Waals surface area contributed by atoms with Crippen LogP contribution in [0.4, 0.5) is 0 Å². The number of aryl methyl sites for hydroxylation is 1.